The van der Waals surface area contributed by atoms with Crippen LogP contribution in [0.25, 0.3) is 0 Å². The van der Waals surface area contributed by atoms with Gasteiger partial charge in [0, 0.05) is 17.8 Å². The van der Waals surface area contributed by atoms with Gasteiger partial charge in [-0.2, -0.15) is 18.4 Å². The Balaban J connectivity index is 2.94. The lowest BCUT2D eigenvalue weighted by atomic mass is 10.1. The fourth-order valence-electron chi connectivity index (χ4n) is 1.19. The molecular weight excluding hydrogens is 251 g/mol. The number of alkyl halides is 3. The SMILES string of the molecule is COCCSc1ccc(C#N)c(C(F)(F)F)c1. The topological polar surface area (TPSA) is 33.0 Å². The van der Waals surface area contributed by atoms with Crippen LogP contribution in [0.4, 0.5) is 13.2 Å². The Kier molecular flexibility index (Phi) is 4.85. The van der Waals surface area contributed by atoms with Gasteiger partial charge in [0.2, 0.25) is 0 Å². The van der Waals surface area contributed by atoms with E-state index in [-0.39, 0.29) is 5.56 Å². The highest BCUT2D eigenvalue weighted by molar-refractivity contribution is 7.99. The van der Waals surface area contributed by atoms with Crippen molar-refractivity contribution < 1.29 is 17.9 Å². The summed E-state index contributed by atoms with van der Waals surface area (Å²) in [5.74, 6) is 0.569. The lowest BCUT2D eigenvalue weighted by molar-refractivity contribution is -0.137. The normalized spacial score (nSPS) is 11.2. The summed E-state index contributed by atoms with van der Waals surface area (Å²) in [5.41, 5.74) is -1.24. The van der Waals surface area contributed by atoms with Crippen LogP contribution in [-0.4, -0.2) is 19.5 Å². The van der Waals surface area contributed by atoms with E-state index in [4.69, 9.17) is 10.00 Å². The number of rotatable bonds is 4. The van der Waals surface area contributed by atoms with Gasteiger partial charge in [-0.3, -0.25) is 0 Å². The Morgan fingerprint density at radius 1 is 1.41 bits per heavy atom. The molecule has 1 aromatic carbocycles. The average molecular weight is 261 g/mol. The van der Waals surface area contributed by atoms with Gasteiger partial charge in [0.1, 0.15) is 0 Å². The first kappa shape index (κ1) is 13.9. The van der Waals surface area contributed by atoms with Gasteiger partial charge in [0.05, 0.1) is 23.8 Å². The van der Waals surface area contributed by atoms with Crippen molar-refractivity contribution in [1.82, 2.24) is 0 Å². The molecule has 0 aliphatic rings. The molecule has 2 nitrogen and oxygen atoms in total. The standard InChI is InChI=1S/C11H10F3NOS/c1-16-4-5-17-9-3-2-8(7-15)10(6-9)11(12,13)14/h2-3,6H,4-5H2,1H3. The van der Waals surface area contributed by atoms with Gasteiger partial charge in [-0.05, 0) is 18.2 Å². The molecular formula is C11H10F3NOS. The minimum atomic E-state index is -4.50. The molecule has 0 aliphatic carbocycles. The first-order valence-electron chi connectivity index (χ1n) is 4.72. The van der Waals surface area contributed by atoms with Crippen LogP contribution in [0.1, 0.15) is 11.1 Å². The molecule has 0 aromatic heterocycles. The number of nitriles is 1. The number of benzene rings is 1. The number of hydrogen-bond donors (Lipinski definition) is 0. The highest BCUT2D eigenvalue weighted by atomic mass is 32.2. The zero-order valence-corrected chi connectivity index (χ0v) is 9.86. The molecule has 0 heterocycles. The number of thioether (sulfide) groups is 1. The molecule has 17 heavy (non-hydrogen) atoms. The fraction of sp³-hybridized carbons (Fsp3) is 0.364. The van der Waals surface area contributed by atoms with Gasteiger partial charge in [-0.15, -0.1) is 11.8 Å². The molecule has 0 bridgehead atoms. The summed E-state index contributed by atoms with van der Waals surface area (Å²) in [6.45, 7) is 0.464. The quantitative estimate of drug-likeness (QED) is 0.615. The van der Waals surface area contributed by atoms with Crippen molar-refractivity contribution >= 4 is 11.8 Å². The number of nitrogens with zero attached hydrogens (tertiary/aromatic N) is 1. The Bertz CT molecular complexity index is 426. The number of hydrogen-bond acceptors (Lipinski definition) is 3. The van der Waals surface area contributed by atoms with Crippen molar-refractivity contribution in [2.45, 2.75) is 11.1 Å². The van der Waals surface area contributed by atoms with Crippen LogP contribution < -0.4 is 0 Å². The van der Waals surface area contributed by atoms with Gasteiger partial charge in [0.15, 0.2) is 0 Å². The molecule has 0 spiro atoms. The van der Waals surface area contributed by atoms with E-state index in [0.29, 0.717) is 17.3 Å². The first-order valence-corrected chi connectivity index (χ1v) is 5.70. The maximum absolute atomic E-state index is 12.6. The number of ether oxygens (including phenoxy) is 1. The van der Waals surface area contributed by atoms with E-state index in [1.54, 1.807) is 6.07 Å². The van der Waals surface area contributed by atoms with Crippen molar-refractivity contribution in [2.75, 3.05) is 19.5 Å². The Hall–Kier alpha value is -1.19. The second-order valence-corrected chi connectivity index (χ2v) is 4.33. The average Bonchev–Trinajstić information content (AvgIpc) is 2.28. The summed E-state index contributed by atoms with van der Waals surface area (Å²) >= 11 is 1.26. The molecule has 0 N–H and O–H groups in total. The third-order valence-electron chi connectivity index (χ3n) is 1.97. The van der Waals surface area contributed by atoms with Crippen molar-refractivity contribution in [1.29, 1.82) is 5.26 Å². The number of halogens is 3. The van der Waals surface area contributed by atoms with Gasteiger partial charge in [-0.25, -0.2) is 0 Å². The lowest BCUT2D eigenvalue weighted by Crippen LogP contribution is -2.08. The molecule has 0 amide bonds. The third kappa shape index (κ3) is 3.95. The van der Waals surface area contributed by atoms with E-state index < -0.39 is 11.7 Å². The lowest BCUT2D eigenvalue weighted by Gasteiger charge is -2.10. The van der Waals surface area contributed by atoms with E-state index >= 15 is 0 Å². The van der Waals surface area contributed by atoms with E-state index in [1.807, 2.05) is 0 Å². The van der Waals surface area contributed by atoms with Crippen molar-refractivity contribution in [3.63, 3.8) is 0 Å². The molecule has 0 unspecified atom stereocenters. The maximum Gasteiger partial charge on any atom is 0.417 e. The zero-order valence-electron chi connectivity index (χ0n) is 9.04. The van der Waals surface area contributed by atoms with Crippen LogP contribution in [0.5, 0.6) is 0 Å². The molecule has 0 fully saturated rings. The third-order valence-corrected chi connectivity index (χ3v) is 2.93. The second kappa shape index (κ2) is 5.94. The molecule has 0 aliphatic heterocycles. The maximum atomic E-state index is 12.6. The van der Waals surface area contributed by atoms with Crippen LogP contribution in [0.3, 0.4) is 0 Å². The Morgan fingerprint density at radius 2 is 2.12 bits per heavy atom. The summed E-state index contributed by atoms with van der Waals surface area (Å²) in [6.07, 6.45) is -4.50. The molecule has 1 rings (SSSR count). The minimum Gasteiger partial charge on any atom is -0.384 e. The van der Waals surface area contributed by atoms with Gasteiger partial charge >= 0.3 is 6.18 Å². The molecule has 92 valence electrons. The van der Waals surface area contributed by atoms with E-state index in [9.17, 15) is 13.2 Å². The van der Waals surface area contributed by atoms with Crippen molar-refractivity contribution in [3.05, 3.63) is 29.3 Å². The van der Waals surface area contributed by atoms with E-state index in [1.165, 1.54) is 31.0 Å². The molecule has 0 saturated carbocycles. The highest BCUT2D eigenvalue weighted by Crippen LogP contribution is 2.34. The molecule has 0 radical (unpaired) electrons. The summed E-state index contributed by atoms with van der Waals surface area (Å²) in [5, 5.41) is 8.61. The van der Waals surface area contributed by atoms with E-state index in [0.717, 1.165) is 6.07 Å². The van der Waals surface area contributed by atoms with Gasteiger partial charge < -0.3 is 4.74 Å². The zero-order chi connectivity index (χ0) is 12.9. The second-order valence-electron chi connectivity index (χ2n) is 3.16. The molecule has 1 aromatic rings. The fourth-order valence-corrected chi connectivity index (χ4v) is 2.04. The summed E-state index contributed by atoms with van der Waals surface area (Å²) in [6, 6.07) is 5.24. The monoisotopic (exact) mass is 261 g/mol. The molecule has 0 atom stereocenters. The Labute approximate surface area is 101 Å². The predicted octanol–water partition coefficient (Wildman–Crippen LogP) is 3.32. The molecule has 6 heteroatoms. The predicted molar refractivity (Wildman–Crippen MR) is 58.8 cm³/mol. The largest absolute Gasteiger partial charge is 0.417 e. The van der Waals surface area contributed by atoms with Gasteiger partial charge in [-0.1, -0.05) is 0 Å². The summed E-state index contributed by atoms with van der Waals surface area (Å²) < 4.78 is 42.7. The van der Waals surface area contributed by atoms with Crippen molar-refractivity contribution in [2.24, 2.45) is 0 Å². The van der Waals surface area contributed by atoms with E-state index in [2.05, 4.69) is 0 Å². The van der Waals surface area contributed by atoms with Crippen LogP contribution in [0.2, 0.25) is 0 Å². The summed E-state index contributed by atoms with van der Waals surface area (Å²) in [7, 11) is 1.53. The van der Waals surface area contributed by atoms with Crippen LogP contribution in [-0.2, 0) is 10.9 Å². The van der Waals surface area contributed by atoms with Crippen LogP contribution >= 0.6 is 11.8 Å². The summed E-state index contributed by atoms with van der Waals surface area (Å²) in [4.78, 5) is 0.480. The Morgan fingerprint density at radius 3 is 2.65 bits per heavy atom. The van der Waals surface area contributed by atoms with Crippen LogP contribution in [0, 0.1) is 11.3 Å². The van der Waals surface area contributed by atoms with Gasteiger partial charge in [0.25, 0.3) is 0 Å². The minimum absolute atomic E-state index is 0.353. The smallest absolute Gasteiger partial charge is 0.384 e. The van der Waals surface area contributed by atoms with Crippen LogP contribution in [0.15, 0.2) is 23.1 Å². The van der Waals surface area contributed by atoms with Crippen molar-refractivity contribution in [3.8, 4) is 6.07 Å². The molecule has 0 saturated heterocycles. The first-order chi connectivity index (χ1) is 7.99. The number of methoxy groups -OCH3 is 1. The highest BCUT2D eigenvalue weighted by Gasteiger charge is 2.33.